The average molecular weight is 384 g/mol. The maximum absolute atomic E-state index is 12.4. The zero-order valence-electron chi connectivity index (χ0n) is 15.7. The fraction of sp³-hybridized carbons (Fsp3) is 0.500. The summed E-state index contributed by atoms with van der Waals surface area (Å²) < 4.78 is 5.75. The third-order valence-electron chi connectivity index (χ3n) is 5.69. The Balaban J connectivity index is 1.42. The van der Waals surface area contributed by atoms with E-state index in [0.717, 1.165) is 23.9 Å². The molecular formula is C20H24N4O4. The molecule has 8 nitrogen and oxygen atoms in total. The van der Waals surface area contributed by atoms with Crippen LogP contribution in [0.5, 0.6) is 0 Å². The van der Waals surface area contributed by atoms with Crippen LogP contribution in [0.15, 0.2) is 30.6 Å². The molecule has 4 rings (SSSR count). The number of ether oxygens (including phenoxy) is 1. The van der Waals surface area contributed by atoms with Gasteiger partial charge in [-0.05, 0) is 25.0 Å². The minimum absolute atomic E-state index is 0.0457. The van der Waals surface area contributed by atoms with Crippen LogP contribution in [0, 0.1) is 10.1 Å². The van der Waals surface area contributed by atoms with Crippen molar-refractivity contribution in [1.82, 2.24) is 9.88 Å². The van der Waals surface area contributed by atoms with Gasteiger partial charge in [0.15, 0.2) is 0 Å². The Morgan fingerprint density at radius 3 is 2.61 bits per heavy atom. The van der Waals surface area contributed by atoms with E-state index in [2.05, 4.69) is 9.88 Å². The maximum atomic E-state index is 12.4. The molecule has 0 radical (unpaired) electrons. The molecular weight excluding hydrogens is 360 g/mol. The van der Waals surface area contributed by atoms with Gasteiger partial charge in [0.05, 0.1) is 16.4 Å². The highest BCUT2D eigenvalue weighted by Gasteiger charge is 2.25. The lowest BCUT2D eigenvalue weighted by molar-refractivity contribution is -0.383. The first kappa shape index (κ1) is 18.6. The van der Waals surface area contributed by atoms with Crippen molar-refractivity contribution in [3.05, 3.63) is 40.7 Å². The van der Waals surface area contributed by atoms with E-state index in [9.17, 15) is 14.9 Å². The van der Waals surface area contributed by atoms with Gasteiger partial charge in [0, 0.05) is 55.7 Å². The molecule has 0 bridgehead atoms. The minimum atomic E-state index is -0.380. The summed E-state index contributed by atoms with van der Waals surface area (Å²) >= 11 is 0. The fourth-order valence-corrected chi connectivity index (χ4v) is 4.13. The number of hydrogen-bond donors (Lipinski definition) is 0. The number of fused-ring (bicyclic) bond motifs is 1. The van der Waals surface area contributed by atoms with E-state index in [1.165, 1.54) is 25.1 Å². The summed E-state index contributed by atoms with van der Waals surface area (Å²) in [7, 11) is 0. The highest BCUT2D eigenvalue weighted by Crippen LogP contribution is 2.33. The molecule has 2 aliphatic rings. The summed E-state index contributed by atoms with van der Waals surface area (Å²) in [6.45, 7) is 2.78. The van der Waals surface area contributed by atoms with Crippen molar-refractivity contribution in [1.29, 1.82) is 0 Å². The van der Waals surface area contributed by atoms with Crippen LogP contribution in [0.2, 0.25) is 0 Å². The predicted molar refractivity (Wildman–Crippen MR) is 105 cm³/mol. The minimum Gasteiger partial charge on any atom is -0.368 e. The van der Waals surface area contributed by atoms with Crippen LogP contribution < -0.4 is 4.90 Å². The van der Waals surface area contributed by atoms with Crippen molar-refractivity contribution in [2.45, 2.75) is 31.8 Å². The Morgan fingerprint density at radius 1 is 1.14 bits per heavy atom. The second-order valence-electron chi connectivity index (χ2n) is 7.37. The topological polar surface area (TPSA) is 88.8 Å². The average Bonchev–Trinajstić information content (AvgIpc) is 3.25. The van der Waals surface area contributed by atoms with E-state index in [1.54, 1.807) is 12.3 Å². The van der Waals surface area contributed by atoms with Crippen LogP contribution >= 0.6 is 0 Å². The third kappa shape index (κ3) is 3.77. The van der Waals surface area contributed by atoms with Gasteiger partial charge in [0.2, 0.25) is 5.91 Å². The summed E-state index contributed by atoms with van der Waals surface area (Å²) in [5, 5.41) is 12.6. The van der Waals surface area contributed by atoms with Crippen LogP contribution in [-0.4, -0.2) is 59.6 Å². The Morgan fingerprint density at radius 2 is 1.89 bits per heavy atom. The second kappa shape index (κ2) is 8.10. The van der Waals surface area contributed by atoms with Crippen LogP contribution in [-0.2, 0) is 9.53 Å². The number of amides is 1. The molecule has 28 heavy (non-hydrogen) atoms. The SMILES string of the molecule is O=C(COC1CCCC1)N1CCN(c2ccc([N+](=O)[O-])c3cnccc23)CC1. The van der Waals surface area contributed by atoms with E-state index in [4.69, 9.17) is 4.74 Å². The standard InChI is InChI=1S/C20H24N4O4/c25-20(14-28-15-3-1-2-4-15)23-11-9-22(10-12-23)18-5-6-19(24(26)27)17-13-21-8-7-16(17)18/h5-8,13,15H,1-4,9-12,14H2. The maximum Gasteiger partial charge on any atom is 0.278 e. The van der Waals surface area contributed by atoms with Gasteiger partial charge in [0.1, 0.15) is 6.61 Å². The molecule has 1 saturated carbocycles. The van der Waals surface area contributed by atoms with Gasteiger partial charge >= 0.3 is 0 Å². The predicted octanol–water partition coefficient (Wildman–Crippen LogP) is 2.75. The number of nitro groups is 1. The fourth-order valence-electron chi connectivity index (χ4n) is 4.13. The number of carbonyl (C=O) groups excluding carboxylic acids is 1. The summed E-state index contributed by atoms with van der Waals surface area (Å²) in [5.74, 6) is 0.0457. The van der Waals surface area contributed by atoms with Crippen LogP contribution in [0.1, 0.15) is 25.7 Å². The molecule has 1 amide bonds. The van der Waals surface area contributed by atoms with Crippen molar-refractivity contribution in [3.8, 4) is 0 Å². The Bertz CT molecular complexity index is 874. The largest absolute Gasteiger partial charge is 0.368 e. The zero-order chi connectivity index (χ0) is 19.5. The number of hydrogen-bond acceptors (Lipinski definition) is 6. The Kier molecular flexibility index (Phi) is 5.38. The number of nitro benzene ring substituents is 1. The van der Waals surface area contributed by atoms with Gasteiger partial charge in [0.25, 0.3) is 5.69 Å². The lowest BCUT2D eigenvalue weighted by Gasteiger charge is -2.36. The molecule has 0 spiro atoms. The van der Waals surface area contributed by atoms with E-state index >= 15 is 0 Å². The van der Waals surface area contributed by atoms with Crippen molar-refractivity contribution in [3.63, 3.8) is 0 Å². The number of aromatic nitrogens is 1. The normalized spacial score (nSPS) is 18.0. The number of pyridine rings is 1. The number of rotatable bonds is 5. The quantitative estimate of drug-likeness (QED) is 0.582. The molecule has 1 aromatic heterocycles. The van der Waals surface area contributed by atoms with Crippen LogP contribution in [0.25, 0.3) is 10.8 Å². The zero-order valence-corrected chi connectivity index (χ0v) is 15.7. The summed E-state index contributed by atoms with van der Waals surface area (Å²) in [6, 6.07) is 5.14. The van der Waals surface area contributed by atoms with E-state index < -0.39 is 0 Å². The summed E-state index contributed by atoms with van der Waals surface area (Å²) in [5.41, 5.74) is 1.00. The Labute approximate surface area is 163 Å². The molecule has 0 atom stereocenters. The first-order valence-electron chi connectivity index (χ1n) is 9.79. The van der Waals surface area contributed by atoms with Gasteiger partial charge in [-0.1, -0.05) is 12.8 Å². The molecule has 2 fully saturated rings. The Hall–Kier alpha value is -2.74. The molecule has 8 heteroatoms. The van der Waals surface area contributed by atoms with Crippen molar-refractivity contribution in [2.75, 3.05) is 37.7 Å². The monoisotopic (exact) mass is 384 g/mol. The summed E-state index contributed by atoms with van der Waals surface area (Å²) in [6.07, 6.45) is 7.93. The van der Waals surface area contributed by atoms with Crippen LogP contribution in [0.3, 0.4) is 0 Å². The summed E-state index contributed by atoms with van der Waals surface area (Å²) in [4.78, 5) is 31.4. The van der Waals surface area contributed by atoms with Gasteiger partial charge in [-0.15, -0.1) is 0 Å². The molecule has 0 N–H and O–H groups in total. The highest BCUT2D eigenvalue weighted by atomic mass is 16.6. The van der Waals surface area contributed by atoms with Crippen molar-refractivity contribution >= 4 is 28.1 Å². The molecule has 0 unspecified atom stereocenters. The number of non-ortho nitro benzene ring substituents is 1. The molecule has 2 heterocycles. The lowest BCUT2D eigenvalue weighted by atomic mass is 10.1. The number of nitrogens with zero attached hydrogens (tertiary/aromatic N) is 4. The van der Waals surface area contributed by atoms with Gasteiger partial charge in [-0.2, -0.15) is 0 Å². The number of anilines is 1. The van der Waals surface area contributed by atoms with Gasteiger partial charge in [-0.25, -0.2) is 0 Å². The smallest absolute Gasteiger partial charge is 0.278 e. The molecule has 1 saturated heterocycles. The number of benzene rings is 1. The van der Waals surface area contributed by atoms with Gasteiger partial charge < -0.3 is 14.5 Å². The molecule has 2 aromatic rings. The van der Waals surface area contributed by atoms with Crippen molar-refractivity contribution < 1.29 is 14.5 Å². The number of carbonyl (C=O) groups is 1. The second-order valence-corrected chi connectivity index (χ2v) is 7.37. The first-order valence-corrected chi connectivity index (χ1v) is 9.79. The molecule has 1 aliphatic carbocycles. The van der Waals surface area contributed by atoms with E-state index in [1.807, 2.05) is 11.0 Å². The molecule has 1 aromatic carbocycles. The van der Waals surface area contributed by atoms with E-state index in [0.29, 0.717) is 31.6 Å². The third-order valence-corrected chi connectivity index (χ3v) is 5.69. The van der Waals surface area contributed by atoms with Gasteiger partial charge in [-0.3, -0.25) is 19.9 Å². The highest BCUT2D eigenvalue weighted by molar-refractivity contribution is 5.99. The van der Waals surface area contributed by atoms with E-state index in [-0.39, 0.29) is 29.2 Å². The molecule has 148 valence electrons. The van der Waals surface area contributed by atoms with Crippen LogP contribution in [0.4, 0.5) is 11.4 Å². The molecule has 1 aliphatic heterocycles. The lowest BCUT2D eigenvalue weighted by Crippen LogP contribution is -2.50. The van der Waals surface area contributed by atoms with Crippen molar-refractivity contribution in [2.24, 2.45) is 0 Å². The number of piperazine rings is 1. The first-order chi connectivity index (χ1) is 13.6.